The van der Waals surface area contributed by atoms with Crippen LogP contribution in [-0.2, 0) is 9.47 Å². The van der Waals surface area contributed by atoms with Crippen molar-refractivity contribution in [2.45, 2.75) is 52.4 Å². The lowest BCUT2D eigenvalue weighted by Crippen LogP contribution is -2.48. The smallest absolute Gasteiger partial charge is 0.412 e. The first kappa shape index (κ1) is 14.2. The van der Waals surface area contributed by atoms with E-state index in [2.05, 4.69) is 0 Å². The van der Waals surface area contributed by atoms with E-state index in [1.165, 1.54) is 4.90 Å². The number of rotatable bonds is 4. The predicted molar refractivity (Wildman–Crippen MR) is 59.7 cm³/mol. The SMILES string of the molecule is CCC(C)(C)OC(=O)N(C)C(C)(C)OC. The van der Waals surface area contributed by atoms with Crippen LogP contribution in [0.25, 0.3) is 0 Å². The molecular formula is C11H23NO3. The molecule has 4 nitrogen and oxygen atoms in total. The Balaban J connectivity index is 4.47. The van der Waals surface area contributed by atoms with Crippen molar-refractivity contribution in [2.24, 2.45) is 0 Å². The molecule has 0 atom stereocenters. The van der Waals surface area contributed by atoms with Crippen LogP contribution in [-0.4, -0.2) is 36.5 Å². The molecule has 4 heteroatoms. The van der Waals surface area contributed by atoms with Gasteiger partial charge in [-0.1, -0.05) is 6.92 Å². The quantitative estimate of drug-likeness (QED) is 0.679. The molecule has 15 heavy (non-hydrogen) atoms. The summed E-state index contributed by atoms with van der Waals surface area (Å²) in [5, 5.41) is 0. The van der Waals surface area contributed by atoms with E-state index in [-0.39, 0.29) is 6.09 Å². The highest BCUT2D eigenvalue weighted by molar-refractivity contribution is 5.68. The summed E-state index contributed by atoms with van der Waals surface area (Å²) >= 11 is 0. The van der Waals surface area contributed by atoms with Gasteiger partial charge in [0.1, 0.15) is 11.3 Å². The Kier molecular flexibility index (Phi) is 4.59. The zero-order chi connectivity index (χ0) is 12.3. The van der Waals surface area contributed by atoms with Crippen LogP contribution in [0.3, 0.4) is 0 Å². The van der Waals surface area contributed by atoms with Crippen LogP contribution in [0.2, 0.25) is 0 Å². The van der Waals surface area contributed by atoms with Gasteiger partial charge >= 0.3 is 6.09 Å². The number of methoxy groups -OCH3 is 1. The standard InChI is InChI=1S/C11H23NO3/c1-8-10(2,3)15-9(13)12(6)11(4,5)14-7/h8H2,1-7H3. The normalized spacial score (nSPS) is 12.5. The van der Waals surface area contributed by atoms with Crippen molar-refractivity contribution in [3.63, 3.8) is 0 Å². The minimum atomic E-state index is -0.652. The van der Waals surface area contributed by atoms with Crippen molar-refractivity contribution < 1.29 is 14.3 Å². The average molecular weight is 217 g/mol. The van der Waals surface area contributed by atoms with Gasteiger partial charge in [0.15, 0.2) is 0 Å². The topological polar surface area (TPSA) is 38.8 Å². The molecule has 0 aliphatic heterocycles. The Hall–Kier alpha value is -0.770. The zero-order valence-electron chi connectivity index (χ0n) is 10.9. The summed E-state index contributed by atoms with van der Waals surface area (Å²) in [6.07, 6.45) is 0.411. The maximum atomic E-state index is 11.7. The van der Waals surface area contributed by atoms with Crippen LogP contribution in [0, 0.1) is 0 Å². The van der Waals surface area contributed by atoms with Crippen molar-refractivity contribution >= 4 is 6.09 Å². The minimum absolute atomic E-state index is 0.367. The maximum Gasteiger partial charge on any atom is 0.412 e. The molecule has 0 N–H and O–H groups in total. The number of nitrogens with zero attached hydrogens (tertiary/aromatic N) is 1. The van der Waals surface area contributed by atoms with Crippen LogP contribution in [0.5, 0.6) is 0 Å². The first-order valence-corrected chi connectivity index (χ1v) is 5.18. The van der Waals surface area contributed by atoms with Crippen LogP contribution < -0.4 is 0 Å². The molecule has 0 aromatic rings. The van der Waals surface area contributed by atoms with Crippen molar-refractivity contribution in [1.29, 1.82) is 0 Å². The molecular weight excluding hydrogens is 194 g/mol. The van der Waals surface area contributed by atoms with E-state index in [1.54, 1.807) is 14.2 Å². The third-order valence-corrected chi connectivity index (χ3v) is 2.80. The van der Waals surface area contributed by atoms with Gasteiger partial charge in [0.05, 0.1) is 0 Å². The second-order valence-electron chi connectivity index (χ2n) is 4.69. The number of carbonyl (C=O) groups is 1. The van der Waals surface area contributed by atoms with Crippen molar-refractivity contribution in [3.8, 4) is 0 Å². The molecule has 0 radical (unpaired) electrons. The summed E-state index contributed by atoms with van der Waals surface area (Å²) in [6.45, 7) is 9.38. The highest BCUT2D eigenvalue weighted by Gasteiger charge is 2.31. The van der Waals surface area contributed by atoms with Crippen molar-refractivity contribution in [1.82, 2.24) is 4.90 Å². The van der Waals surface area contributed by atoms with E-state index in [9.17, 15) is 4.79 Å². The monoisotopic (exact) mass is 217 g/mol. The van der Waals surface area contributed by atoms with E-state index >= 15 is 0 Å². The van der Waals surface area contributed by atoms with Crippen LogP contribution >= 0.6 is 0 Å². The van der Waals surface area contributed by atoms with Gasteiger partial charge in [-0.25, -0.2) is 4.79 Å². The van der Waals surface area contributed by atoms with Gasteiger partial charge < -0.3 is 9.47 Å². The average Bonchev–Trinajstić information content (AvgIpc) is 2.16. The van der Waals surface area contributed by atoms with Gasteiger partial charge in [-0.15, -0.1) is 0 Å². The van der Waals surface area contributed by atoms with Gasteiger partial charge in [-0.05, 0) is 34.1 Å². The molecule has 0 saturated carbocycles. The second kappa shape index (κ2) is 4.84. The number of ether oxygens (including phenoxy) is 2. The summed E-state index contributed by atoms with van der Waals surface area (Å²) in [6, 6.07) is 0. The Morgan fingerprint density at radius 1 is 1.27 bits per heavy atom. The highest BCUT2D eigenvalue weighted by Crippen LogP contribution is 2.19. The summed E-state index contributed by atoms with van der Waals surface area (Å²) in [7, 11) is 3.23. The lowest BCUT2D eigenvalue weighted by Gasteiger charge is -2.35. The fraction of sp³-hybridized carbons (Fsp3) is 0.909. The molecule has 0 bridgehead atoms. The van der Waals surface area contributed by atoms with Crippen LogP contribution in [0.1, 0.15) is 41.0 Å². The molecule has 0 fully saturated rings. The number of carbonyl (C=O) groups excluding carboxylic acids is 1. The van der Waals surface area contributed by atoms with Gasteiger partial charge in [0.25, 0.3) is 0 Å². The summed E-state index contributed by atoms with van der Waals surface area (Å²) in [5.41, 5.74) is -1.09. The molecule has 0 unspecified atom stereocenters. The van der Waals surface area contributed by atoms with Crippen molar-refractivity contribution in [3.05, 3.63) is 0 Å². The lowest BCUT2D eigenvalue weighted by atomic mass is 10.1. The number of hydrogen-bond acceptors (Lipinski definition) is 3. The van der Waals surface area contributed by atoms with Crippen LogP contribution in [0.15, 0.2) is 0 Å². The van der Waals surface area contributed by atoms with E-state index in [0.29, 0.717) is 0 Å². The fourth-order valence-electron chi connectivity index (χ4n) is 0.734. The highest BCUT2D eigenvalue weighted by atomic mass is 16.6. The Bertz CT molecular complexity index is 224. The fourth-order valence-corrected chi connectivity index (χ4v) is 0.734. The maximum absolute atomic E-state index is 11.7. The summed E-state index contributed by atoms with van der Waals surface area (Å²) in [5.74, 6) is 0. The van der Waals surface area contributed by atoms with Gasteiger partial charge in [0.2, 0.25) is 0 Å². The largest absolute Gasteiger partial charge is 0.443 e. The molecule has 0 aromatic carbocycles. The number of hydrogen-bond donors (Lipinski definition) is 0. The molecule has 1 amide bonds. The third-order valence-electron chi connectivity index (χ3n) is 2.80. The third kappa shape index (κ3) is 4.08. The Morgan fingerprint density at radius 3 is 2.07 bits per heavy atom. The van der Waals surface area contributed by atoms with E-state index in [4.69, 9.17) is 9.47 Å². The summed E-state index contributed by atoms with van der Waals surface area (Å²) in [4.78, 5) is 13.2. The van der Waals surface area contributed by atoms with Crippen LogP contribution in [0.4, 0.5) is 4.79 Å². The predicted octanol–water partition coefficient (Wildman–Crippen LogP) is 2.63. The molecule has 0 rings (SSSR count). The molecule has 0 heterocycles. The zero-order valence-corrected chi connectivity index (χ0v) is 10.9. The minimum Gasteiger partial charge on any atom is -0.443 e. The first-order chi connectivity index (χ1) is 6.66. The Labute approximate surface area is 92.5 Å². The van der Waals surface area contributed by atoms with E-state index < -0.39 is 11.3 Å². The first-order valence-electron chi connectivity index (χ1n) is 5.18. The molecule has 0 spiro atoms. The van der Waals surface area contributed by atoms with E-state index in [0.717, 1.165) is 6.42 Å². The molecule has 0 aromatic heterocycles. The second-order valence-corrected chi connectivity index (χ2v) is 4.69. The number of amides is 1. The van der Waals surface area contributed by atoms with Gasteiger partial charge in [-0.3, -0.25) is 4.90 Å². The van der Waals surface area contributed by atoms with Crippen molar-refractivity contribution in [2.75, 3.05) is 14.2 Å². The molecule has 0 saturated heterocycles. The Morgan fingerprint density at radius 2 is 1.73 bits per heavy atom. The lowest BCUT2D eigenvalue weighted by molar-refractivity contribution is -0.0983. The molecule has 0 aliphatic carbocycles. The van der Waals surface area contributed by atoms with Gasteiger partial charge in [0, 0.05) is 14.2 Å². The van der Waals surface area contributed by atoms with E-state index in [1.807, 2.05) is 34.6 Å². The summed E-state index contributed by atoms with van der Waals surface area (Å²) < 4.78 is 10.5. The molecule has 0 aliphatic rings. The van der Waals surface area contributed by atoms with Gasteiger partial charge in [-0.2, -0.15) is 0 Å². The molecule has 90 valence electrons.